The molecule has 0 bridgehead atoms. The van der Waals surface area contributed by atoms with Gasteiger partial charge in [0, 0.05) is 18.4 Å². The lowest BCUT2D eigenvalue weighted by atomic mass is 10.3. The van der Waals surface area contributed by atoms with Crippen LogP contribution in [0.5, 0.6) is 0 Å². The van der Waals surface area contributed by atoms with Crippen LogP contribution in [0.4, 0.5) is 22.5 Å². The maximum absolute atomic E-state index is 11.6. The predicted octanol–water partition coefficient (Wildman–Crippen LogP) is 2.64. The molecule has 26 heavy (non-hydrogen) atoms. The Morgan fingerprint density at radius 3 is 2.85 bits per heavy atom. The number of aromatic amines is 1. The molecule has 0 radical (unpaired) electrons. The van der Waals surface area contributed by atoms with Gasteiger partial charge in [-0.1, -0.05) is 12.1 Å². The van der Waals surface area contributed by atoms with Gasteiger partial charge in [-0.05, 0) is 26.0 Å². The molecule has 3 aromatic heterocycles. The van der Waals surface area contributed by atoms with Crippen LogP contribution in [-0.4, -0.2) is 46.8 Å². The molecule has 10 heteroatoms. The molecule has 0 spiro atoms. The first-order valence-electron chi connectivity index (χ1n) is 7.98. The van der Waals surface area contributed by atoms with Crippen molar-refractivity contribution in [2.24, 2.45) is 0 Å². The van der Waals surface area contributed by atoms with Gasteiger partial charge in [-0.3, -0.25) is 4.40 Å². The van der Waals surface area contributed by atoms with Crippen molar-refractivity contribution in [1.29, 1.82) is 0 Å². The van der Waals surface area contributed by atoms with E-state index in [1.54, 1.807) is 30.6 Å². The van der Waals surface area contributed by atoms with Crippen LogP contribution in [0.15, 0.2) is 36.7 Å². The van der Waals surface area contributed by atoms with Gasteiger partial charge < -0.3 is 15.4 Å². The maximum Gasteiger partial charge on any atom is 0.414 e. The fraction of sp³-hybridized carbons (Fsp3) is 0.188. The van der Waals surface area contributed by atoms with Crippen molar-refractivity contribution in [2.75, 3.05) is 10.2 Å². The fourth-order valence-electron chi connectivity index (χ4n) is 2.73. The summed E-state index contributed by atoms with van der Waals surface area (Å²) in [6, 6.07) is 7.35. The molecule has 0 atom stereocenters. The molecular weight excluding hydrogens is 336 g/mol. The van der Waals surface area contributed by atoms with Gasteiger partial charge in [-0.2, -0.15) is 0 Å². The van der Waals surface area contributed by atoms with Crippen molar-refractivity contribution in [2.45, 2.75) is 19.9 Å². The molecule has 3 heterocycles. The molecule has 0 aliphatic heterocycles. The molecule has 4 aromatic rings. The summed E-state index contributed by atoms with van der Waals surface area (Å²) >= 11 is 0. The minimum absolute atomic E-state index is 0.206. The number of aromatic nitrogens is 6. The van der Waals surface area contributed by atoms with Gasteiger partial charge in [0.25, 0.3) is 0 Å². The maximum atomic E-state index is 11.6. The van der Waals surface area contributed by atoms with Crippen molar-refractivity contribution in [3.8, 4) is 0 Å². The topological polar surface area (TPSA) is 124 Å². The molecule has 3 N–H and O–H groups in total. The first-order chi connectivity index (χ1) is 12.5. The molecule has 4 rings (SSSR count). The van der Waals surface area contributed by atoms with Crippen LogP contribution in [0.25, 0.3) is 16.7 Å². The SMILES string of the molecule is CC(C)N(C(=O)O)c1nnc2c(Nc3nc4ccccc4[nH]3)nccn12. The molecule has 0 saturated heterocycles. The number of carboxylic acid groups (broad SMARTS) is 1. The fourth-order valence-corrected chi connectivity index (χ4v) is 2.73. The molecule has 0 saturated carbocycles. The Hall–Kier alpha value is -3.69. The van der Waals surface area contributed by atoms with Crippen molar-refractivity contribution in [3.63, 3.8) is 0 Å². The third-order valence-electron chi connectivity index (χ3n) is 3.87. The summed E-state index contributed by atoms with van der Waals surface area (Å²) in [6.07, 6.45) is 2.07. The van der Waals surface area contributed by atoms with Gasteiger partial charge in [0.15, 0.2) is 5.82 Å². The zero-order valence-corrected chi connectivity index (χ0v) is 14.1. The minimum Gasteiger partial charge on any atom is -0.465 e. The molecular formula is C16H16N8O2. The normalized spacial score (nSPS) is 11.3. The van der Waals surface area contributed by atoms with E-state index in [0.717, 1.165) is 15.9 Å². The Balaban J connectivity index is 1.76. The van der Waals surface area contributed by atoms with E-state index >= 15 is 0 Å². The van der Waals surface area contributed by atoms with Crippen LogP contribution >= 0.6 is 0 Å². The van der Waals surface area contributed by atoms with E-state index in [1.165, 1.54) is 0 Å². The highest BCUT2D eigenvalue weighted by atomic mass is 16.4. The van der Waals surface area contributed by atoms with Crippen molar-refractivity contribution >= 4 is 40.5 Å². The molecule has 10 nitrogen and oxygen atoms in total. The Bertz CT molecular complexity index is 1070. The summed E-state index contributed by atoms with van der Waals surface area (Å²) in [5.41, 5.74) is 2.11. The molecule has 132 valence electrons. The van der Waals surface area contributed by atoms with Gasteiger partial charge >= 0.3 is 6.09 Å². The lowest BCUT2D eigenvalue weighted by Crippen LogP contribution is -2.37. The number of hydrogen-bond acceptors (Lipinski definition) is 6. The molecule has 0 unspecified atom stereocenters. The Kier molecular flexibility index (Phi) is 3.64. The van der Waals surface area contributed by atoms with Crippen molar-refractivity contribution < 1.29 is 9.90 Å². The standard InChI is InChI=1S/C16H16N8O2/c1-9(2)24(16(25)26)15-22-21-13-12(17-7-8-23(13)15)20-14-18-10-5-3-4-6-11(10)19-14/h3-9H,1-2H3,(H,25,26)(H2,17,18,19,20). The van der Waals surface area contributed by atoms with E-state index in [1.807, 2.05) is 24.3 Å². The number of nitrogens with one attached hydrogen (secondary N) is 2. The number of amides is 1. The summed E-state index contributed by atoms with van der Waals surface area (Å²) in [6.45, 7) is 3.54. The second-order valence-corrected chi connectivity index (χ2v) is 5.94. The highest BCUT2D eigenvalue weighted by Crippen LogP contribution is 2.23. The molecule has 0 fully saturated rings. The average molecular weight is 352 g/mol. The van der Waals surface area contributed by atoms with Gasteiger partial charge in [0.2, 0.25) is 17.5 Å². The van der Waals surface area contributed by atoms with Gasteiger partial charge in [0.05, 0.1) is 11.0 Å². The number of H-pyrrole nitrogens is 1. The van der Waals surface area contributed by atoms with Gasteiger partial charge in [-0.25, -0.2) is 19.7 Å². The predicted molar refractivity (Wildman–Crippen MR) is 95.8 cm³/mol. The summed E-state index contributed by atoms with van der Waals surface area (Å²) in [5.74, 6) is 1.13. The summed E-state index contributed by atoms with van der Waals surface area (Å²) in [4.78, 5) is 24.6. The number of imidazole rings is 1. The van der Waals surface area contributed by atoms with Crippen LogP contribution in [0.2, 0.25) is 0 Å². The number of carbonyl (C=O) groups is 1. The zero-order chi connectivity index (χ0) is 18.3. The van der Waals surface area contributed by atoms with Crippen LogP contribution < -0.4 is 10.2 Å². The number of benzene rings is 1. The number of rotatable bonds is 4. The smallest absolute Gasteiger partial charge is 0.414 e. The van der Waals surface area contributed by atoms with E-state index in [0.29, 0.717) is 17.4 Å². The summed E-state index contributed by atoms with van der Waals surface area (Å²) in [5, 5.41) is 20.7. The largest absolute Gasteiger partial charge is 0.465 e. The van der Waals surface area contributed by atoms with Crippen LogP contribution in [0.1, 0.15) is 13.8 Å². The lowest BCUT2D eigenvalue weighted by molar-refractivity contribution is 0.199. The molecule has 1 aromatic carbocycles. The highest BCUT2D eigenvalue weighted by Gasteiger charge is 2.24. The number of anilines is 3. The van der Waals surface area contributed by atoms with E-state index in [4.69, 9.17) is 0 Å². The number of para-hydroxylation sites is 2. The van der Waals surface area contributed by atoms with Gasteiger partial charge in [-0.15, -0.1) is 10.2 Å². The van der Waals surface area contributed by atoms with Gasteiger partial charge in [0.1, 0.15) is 0 Å². The third kappa shape index (κ3) is 2.57. The molecule has 1 amide bonds. The summed E-state index contributed by atoms with van der Waals surface area (Å²) < 4.78 is 1.58. The first-order valence-corrected chi connectivity index (χ1v) is 7.98. The van der Waals surface area contributed by atoms with E-state index in [2.05, 4.69) is 30.5 Å². The Labute approximate surface area is 147 Å². The molecule has 0 aliphatic rings. The van der Waals surface area contributed by atoms with Crippen LogP contribution in [0.3, 0.4) is 0 Å². The van der Waals surface area contributed by atoms with E-state index in [-0.39, 0.29) is 12.0 Å². The zero-order valence-electron chi connectivity index (χ0n) is 14.1. The monoisotopic (exact) mass is 352 g/mol. The summed E-state index contributed by atoms with van der Waals surface area (Å²) in [7, 11) is 0. The van der Waals surface area contributed by atoms with Crippen LogP contribution in [0, 0.1) is 0 Å². The number of fused-ring (bicyclic) bond motifs is 2. The van der Waals surface area contributed by atoms with Crippen LogP contribution in [-0.2, 0) is 0 Å². The van der Waals surface area contributed by atoms with Crippen molar-refractivity contribution in [3.05, 3.63) is 36.7 Å². The number of nitrogens with zero attached hydrogens (tertiary/aromatic N) is 6. The number of hydrogen-bond donors (Lipinski definition) is 3. The average Bonchev–Trinajstić information content (AvgIpc) is 3.19. The highest BCUT2D eigenvalue weighted by molar-refractivity contribution is 5.85. The minimum atomic E-state index is -1.10. The third-order valence-corrected chi connectivity index (χ3v) is 3.87. The van der Waals surface area contributed by atoms with E-state index in [9.17, 15) is 9.90 Å². The first kappa shape index (κ1) is 15.8. The quantitative estimate of drug-likeness (QED) is 0.515. The Morgan fingerprint density at radius 2 is 2.12 bits per heavy atom. The van der Waals surface area contributed by atoms with Crippen molar-refractivity contribution in [1.82, 2.24) is 29.5 Å². The second kappa shape index (κ2) is 5.99. The lowest BCUT2D eigenvalue weighted by Gasteiger charge is -2.20. The molecule has 0 aliphatic carbocycles. The Morgan fingerprint density at radius 1 is 1.31 bits per heavy atom. The second-order valence-electron chi connectivity index (χ2n) is 5.94. The van der Waals surface area contributed by atoms with E-state index < -0.39 is 6.09 Å².